The van der Waals surface area contributed by atoms with E-state index in [-0.39, 0.29) is 38.3 Å². The first-order valence-electron chi connectivity index (χ1n) is 11.0. The average Bonchev–Trinajstić information content (AvgIpc) is 2.97. The lowest BCUT2D eigenvalue weighted by atomic mass is 10.1. The number of halogens is 1. The molecule has 8 nitrogen and oxygen atoms in total. The largest absolute Gasteiger partial charge is 0.494 e. The molecule has 3 rings (SSSR count). The van der Waals surface area contributed by atoms with Crippen LogP contribution < -0.4 is 15.0 Å². The summed E-state index contributed by atoms with van der Waals surface area (Å²) >= 11 is 6.45. The summed E-state index contributed by atoms with van der Waals surface area (Å²) in [5, 5.41) is 21.6. The van der Waals surface area contributed by atoms with Gasteiger partial charge in [-0.1, -0.05) is 36.7 Å². The Kier molecular flexibility index (Phi) is 8.55. The second-order valence-corrected chi connectivity index (χ2v) is 8.43. The number of carbonyl (C=O) groups excluding carboxylic acids is 2. The van der Waals surface area contributed by atoms with Crippen molar-refractivity contribution in [2.45, 2.75) is 38.9 Å². The molecule has 0 aliphatic carbocycles. The Labute approximate surface area is 198 Å². The van der Waals surface area contributed by atoms with E-state index in [2.05, 4.69) is 5.32 Å². The van der Waals surface area contributed by atoms with Gasteiger partial charge in [0.05, 0.1) is 36.4 Å². The van der Waals surface area contributed by atoms with Crippen LogP contribution in [0.4, 0.5) is 10.5 Å². The molecule has 3 N–H and O–H groups in total. The van der Waals surface area contributed by atoms with Crippen LogP contribution in [0.5, 0.6) is 5.75 Å². The van der Waals surface area contributed by atoms with Crippen molar-refractivity contribution in [1.29, 1.82) is 0 Å². The molecule has 0 radical (unpaired) electrons. The van der Waals surface area contributed by atoms with Crippen LogP contribution in [0.25, 0.3) is 0 Å². The fraction of sp³-hybridized carbons (Fsp3) is 0.417. The standard InChI is InChI=1S/C24H30ClN3O5/c1-3-10-33-19-8-9-20(21(25)11-19)23(31)28-12-16(2)27(24(32)26-18(14-29)15-30)13-17-6-4-5-7-22(17)28/h4-9,11,16,18,29-30H,3,10,12-15H2,1-2H3,(H,26,32)/t16-/m1/s1. The van der Waals surface area contributed by atoms with Crippen molar-refractivity contribution >= 4 is 29.2 Å². The Morgan fingerprint density at radius 3 is 2.61 bits per heavy atom. The topological polar surface area (TPSA) is 102 Å². The molecule has 0 aromatic heterocycles. The molecule has 3 amide bonds. The molecule has 0 spiro atoms. The molecule has 2 aromatic rings. The summed E-state index contributed by atoms with van der Waals surface area (Å²) < 4.78 is 5.60. The highest BCUT2D eigenvalue weighted by Crippen LogP contribution is 2.31. The van der Waals surface area contributed by atoms with Crippen LogP contribution in [0.15, 0.2) is 42.5 Å². The lowest BCUT2D eigenvalue weighted by molar-refractivity contribution is 0.0979. The second kappa shape index (κ2) is 11.4. The number of aliphatic hydroxyl groups is 2. The van der Waals surface area contributed by atoms with Gasteiger partial charge in [0.1, 0.15) is 5.75 Å². The molecule has 33 heavy (non-hydrogen) atoms. The molecule has 0 saturated heterocycles. The number of para-hydroxylation sites is 1. The molecule has 178 valence electrons. The van der Waals surface area contributed by atoms with Gasteiger partial charge in [0, 0.05) is 24.8 Å². The van der Waals surface area contributed by atoms with Crippen molar-refractivity contribution in [2.75, 3.05) is 31.3 Å². The van der Waals surface area contributed by atoms with Crippen molar-refractivity contribution in [2.24, 2.45) is 0 Å². The molecule has 0 unspecified atom stereocenters. The van der Waals surface area contributed by atoms with Crippen LogP contribution in [0.1, 0.15) is 36.2 Å². The van der Waals surface area contributed by atoms with Gasteiger partial charge >= 0.3 is 6.03 Å². The summed E-state index contributed by atoms with van der Waals surface area (Å²) in [5.74, 6) is 0.334. The predicted molar refractivity (Wildman–Crippen MR) is 127 cm³/mol. The number of carbonyl (C=O) groups is 2. The normalized spacial score (nSPS) is 15.8. The zero-order chi connectivity index (χ0) is 24.0. The molecule has 9 heteroatoms. The van der Waals surface area contributed by atoms with Gasteiger partial charge in [0.15, 0.2) is 0 Å². The fourth-order valence-corrected chi connectivity index (χ4v) is 3.95. The Hall–Kier alpha value is -2.81. The summed E-state index contributed by atoms with van der Waals surface area (Å²) in [5.41, 5.74) is 1.85. The molecule has 0 saturated carbocycles. The Bertz CT molecular complexity index is 982. The van der Waals surface area contributed by atoms with E-state index in [1.165, 1.54) is 0 Å². The van der Waals surface area contributed by atoms with Crippen LogP contribution in [-0.2, 0) is 6.54 Å². The third-order valence-corrected chi connectivity index (χ3v) is 5.83. The third-order valence-electron chi connectivity index (χ3n) is 5.52. The number of fused-ring (bicyclic) bond motifs is 1. The van der Waals surface area contributed by atoms with Crippen molar-refractivity contribution in [3.63, 3.8) is 0 Å². The van der Waals surface area contributed by atoms with E-state index >= 15 is 0 Å². The first kappa shape index (κ1) is 24.8. The maximum atomic E-state index is 13.6. The van der Waals surface area contributed by atoms with Crippen LogP contribution in [0, 0.1) is 0 Å². The van der Waals surface area contributed by atoms with E-state index in [1.807, 2.05) is 38.1 Å². The number of nitrogens with zero attached hydrogens (tertiary/aromatic N) is 2. The highest BCUT2D eigenvalue weighted by atomic mass is 35.5. The average molecular weight is 476 g/mol. The van der Waals surface area contributed by atoms with Crippen LogP contribution in [0.2, 0.25) is 5.02 Å². The van der Waals surface area contributed by atoms with E-state index in [1.54, 1.807) is 28.0 Å². The van der Waals surface area contributed by atoms with E-state index in [0.717, 1.165) is 12.0 Å². The SMILES string of the molecule is CCCOc1ccc(C(=O)N2C[C@@H](C)N(C(=O)NC(CO)CO)Cc3ccccc32)c(Cl)c1. The molecule has 2 aromatic carbocycles. The summed E-state index contributed by atoms with van der Waals surface area (Å²) in [6, 6.07) is 10.9. The van der Waals surface area contributed by atoms with Gasteiger partial charge in [-0.3, -0.25) is 4.79 Å². The number of aliphatic hydroxyl groups excluding tert-OH is 2. The number of ether oxygens (including phenoxy) is 1. The Morgan fingerprint density at radius 2 is 1.94 bits per heavy atom. The van der Waals surface area contributed by atoms with Crippen molar-refractivity contribution in [3.05, 3.63) is 58.6 Å². The number of anilines is 1. The van der Waals surface area contributed by atoms with Gasteiger partial charge in [-0.15, -0.1) is 0 Å². The maximum Gasteiger partial charge on any atom is 0.318 e. The molecular weight excluding hydrogens is 446 g/mol. The van der Waals surface area contributed by atoms with Gasteiger partial charge in [0.2, 0.25) is 0 Å². The van der Waals surface area contributed by atoms with Crippen LogP contribution in [0.3, 0.4) is 0 Å². The zero-order valence-electron chi connectivity index (χ0n) is 18.8. The van der Waals surface area contributed by atoms with E-state index < -0.39 is 12.1 Å². The Morgan fingerprint density at radius 1 is 1.21 bits per heavy atom. The van der Waals surface area contributed by atoms with Crippen LogP contribution >= 0.6 is 11.6 Å². The van der Waals surface area contributed by atoms with Crippen LogP contribution in [-0.4, -0.2) is 65.5 Å². The first-order chi connectivity index (χ1) is 15.9. The summed E-state index contributed by atoms with van der Waals surface area (Å²) in [4.78, 5) is 29.7. The second-order valence-electron chi connectivity index (χ2n) is 8.02. The predicted octanol–water partition coefficient (Wildman–Crippen LogP) is 3.04. The summed E-state index contributed by atoms with van der Waals surface area (Å²) in [7, 11) is 0. The smallest absolute Gasteiger partial charge is 0.318 e. The highest BCUT2D eigenvalue weighted by Gasteiger charge is 2.32. The van der Waals surface area contributed by atoms with Gasteiger partial charge in [-0.2, -0.15) is 0 Å². The number of rotatable bonds is 7. The zero-order valence-corrected chi connectivity index (χ0v) is 19.6. The maximum absolute atomic E-state index is 13.6. The van der Waals surface area contributed by atoms with Crippen molar-refractivity contribution < 1.29 is 24.5 Å². The minimum absolute atomic E-state index is 0.247. The lowest BCUT2D eigenvalue weighted by Gasteiger charge is -2.30. The van der Waals surface area contributed by atoms with Crippen molar-refractivity contribution in [1.82, 2.24) is 10.2 Å². The van der Waals surface area contributed by atoms with Gasteiger partial charge < -0.3 is 30.1 Å². The highest BCUT2D eigenvalue weighted by molar-refractivity contribution is 6.34. The number of hydrogen-bond acceptors (Lipinski definition) is 5. The quantitative estimate of drug-likeness (QED) is 0.571. The van der Waals surface area contributed by atoms with Gasteiger partial charge in [-0.05, 0) is 43.2 Å². The fourth-order valence-electron chi connectivity index (χ4n) is 3.70. The monoisotopic (exact) mass is 475 g/mol. The number of amides is 3. The minimum Gasteiger partial charge on any atom is -0.494 e. The Balaban J connectivity index is 1.89. The molecule has 0 fully saturated rings. The third kappa shape index (κ3) is 5.76. The van der Waals surface area contributed by atoms with E-state index in [4.69, 9.17) is 16.3 Å². The number of urea groups is 1. The molecule has 1 heterocycles. The molecule has 1 aliphatic heterocycles. The molecule has 1 atom stereocenters. The minimum atomic E-state index is -0.756. The van der Waals surface area contributed by atoms with E-state index in [0.29, 0.717) is 28.6 Å². The molecule has 0 bridgehead atoms. The molecule has 1 aliphatic rings. The summed E-state index contributed by atoms with van der Waals surface area (Å²) in [6.07, 6.45) is 0.863. The summed E-state index contributed by atoms with van der Waals surface area (Å²) in [6.45, 7) is 4.19. The van der Waals surface area contributed by atoms with E-state index in [9.17, 15) is 19.8 Å². The van der Waals surface area contributed by atoms with Gasteiger partial charge in [0.25, 0.3) is 5.91 Å². The number of nitrogens with one attached hydrogen (secondary N) is 1. The first-order valence-corrected chi connectivity index (χ1v) is 11.4. The lowest BCUT2D eigenvalue weighted by Crippen LogP contribution is -2.52. The molecular formula is C24H30ClN3O5. The van der Waals surface area contributed by atoms with Gasteiger partial charge in [-0.25, -0.2) is 4.79 Å². The van der Waals surface area contributed by atoms with Crippen molar-refractivity contribution in [3.8, 4) is 5.75 Å². The number of benzene rings is 2. The number of hydrogen-bond donors (Lipinski definition) is 3.